The highest BCUT2D eigenvalue weighted by Crippen LogP contribution is 2.18. The number of nitrogens with one attached hydrogen (secondary N) is 1. The van der Waals surface area contributed by atoms with Gasteiger partial charge in [0, 0.05) is 6.54 Å². The molecule has 1 aromatic heterocycles. The summed E-state index contributed by atoms with van der Waals surface area (Å²) in [6.07, 6.45) is 0. The lowest BCUT2D eigenvalue weighted by molar-refractivity contribution is -0.124. The van der Waals surface area contributed by atoms with Crippen LogP contribution >= 0.6 is 0 Å². The van der Waals surface area contributed by atoms with E-state index in [0.717, 1.165) is 11.1 Å². The van der Waals surface area contributed by atoms with Crippen molar-refractivity contribution in [3.05, 3.63) is 74.4 Å². The minimum atomic E-state index is -0.761. The fourth-order valence-electron chi connectivity index (χ4n) is 3.42. The van der Waals surface area contributed by atoms with Gasteiger partial charge in [0.05, 0.1) is 16.6 Å². The number of rotatable bonds is 5. The summed E-state index contributed by atoms with van der Waals surface area (Å²) in [5.74, 6) is 0.0422. The Balaban J connectivity index is 2.31. The second-order valence-electron chi connectivity index (χ2n) is 7.84. The summed E-state index contributed by atoms with van der Waals surface area (Å²) in [5.41, 5.74) is 1.92. The molecule has 6 heteroatoms. The van der Waals surface area contributed by atoms with Gasteiger partial charge in [-0.15, -0.1) is 0 Å². The van der Waals surface area contributed by atoms with Crippen LogP contribution in [0, 0.1) is 19.8 Å². The van der Waals surface area contributed by atoms with Crippen LogP contribution in [0.2, 0.25) is 0 Å². The van der Waals surface area contributed by atoms with E-state index >= 15 is 0 Å². The highest BCUT2D eigenvalue weighted by molar-refractivity contribution is 5.84. The Bertz CT molecular complexity index is 1190. The SMILES string of the molecule is Cc1cccc(-n2c(=O)c3ccccc3n([C@H](C)C(=O)NCC(C)C)c2=O)c1C. The van der Waals surface area contributed by atoms with Gasteiger partial charge in [-0.25, -0.2) is 9.36 Å². The molecule has 0 fully saturated rings. The van der Waals surface area contributed by atoms with E-state index in [2.05, 4.69) is 5.32 Å². The van der Waals surface area contributed by atoms with Crippen LogP contribution in [0.15, 0.2) is 52.1 Å². The van der Waals surface area contributed by atoms with Gasteiger partial charge >= 0.3 is 5.69 Å². The molecule has 29 heavy (non-hydrogen) atoms. The summed E-state index contributed by atoms with van der Waals surface area (Å²) in [5, 5.41) is 3.28. The third kappa shape index (κ3) is 3.75. The van der Waals surface area contributed by atoms with Crippen LogP contribution in [0.4, 0.5) is 0 Å². The summed E-state index contributed by atoms with van der Waals surface area (Å²) < 4.78 is 2.59. The van der Waals surface area contributed by atoms with Crippen LogP contribution in [-0.4, -0.2) is 21.6 Å². The molecular formula is C23H27N3O3. The summed E-state index contributed by atoms with van der Waals surface area (Å²) in [6.45, 7) is 10.0. The first-order valence-corrected chi connectivity index (χ1v) is 9.84. The molecule has 0 aliphatic rings. The lowest BCUT2D eigenvalue weighted by Crippen LogP contribution is -2.44. The van der Waals surface area contributed by atoms with Gasteiger partial charge in [0.15, 0.2) is 0 Å². The average molecular weight is 393 g/mol. The van der Waals surface area contributed by atoms with Gasteiger partial charge in [0.25, 0.3) is 5.56 Å². The zero-order valence-corrected chi connectivity index (χ0v) is 17.5. The number of aryl methyl sites for hydroxylation is 1. The lowest BCUT2D eigenvalue weighted by Gasteiger charge is -2.21. The van der Waals surface area contributed by atoms with Crippen LogP contribution in [0.3, 0.4) is 0 Å². The van der Waals surface area contributed by atoms with Crippen molar-refractivity contribution in [2.45, 2.75) is 40.7 Å². The summed E-state index contributed by atoms with van der Waals surface area (Å²) in [6, 6.07) is 11.7. The van der Waals surface area contributed by atoms with E-state index < -0.39 is 11.7 Å². The van der Waals surface area contributed by atoms with Crippen molar-refractivity contribution in [3.8, 4) is 5.69 Å². The molecule has 2 aromatic carbocycles. The molecule has 1 atom stereocenters. The molecule has 0 saturated carbocycles. The highest BCUT2D eigenvalue weighted by atomic mass is 16.2. The molecule has 1 N–H and O–H groups in total. The van der Waals surface area contributed by atoms with Gasteiger partial charge in [0.1, 0.15) is 6.04 Å². The quantitative estimate of drug-likeness (QED) is 0.724. The predicted molar refractivity (Wildman–Crippen MR) is 116 cm³/mol. The molecule has 152 valence electrons. The normalized spacial score (nSPS) is 12.3. The van der Waals surface area contributed by atoms with E-state index in [9.17, 15) is 14.4 Å². The molecule has 1 heterocycles. The third-order valence-corrected chi connectivity index (χ3v) is 5.26. The van der Waals surface area contributed by atoms with Crippen LogP contribution in [0.5, 0.6) is 0 Å². The Labute approximate surface area is 169 Å². The second kappa shape index (κ2) is 8.07. The fraction of sp³-hybridized carbons (Fsp3) is 0.348. The molecule has 0 radical (unpaired) electrons. The van der Waals surface area contributed by atoms with E-state index in [1.807, 2.05) is 39.8 Å². The maximum absolute atomic E-state index is 13.5. The zero-order valence-electron chi connectivity index (χ0n) is 17.5. The van der Waals surface area contributed by atoms with Crippen molar-refractivity contribution < 1.29 is 4.79 Å². The van der Waals surface area contributed by atoms with E-state index in [1.165, 1.54) is 9.13 Å². The lowest BCUT2D eigenvalue weighted by atomic mass is 10.1. The molecule has 0 spiro atoms. The Morgan fingerprint density at radius 1 is 1.00 bits per heavy atom. The Morgan fingerprint density at radius 3 is 2.38 bits per heavy atom. The number of benzene rings is 2. The standard InChI is InChI=1S/C23H27N3O3/c1-14(2)13-24-21(27)17(5)25-20-11-7-6-10-18(20)22(28)26(23(25)29)19-12-8-9-15(3)16(19)4/h6-12,14,17H,13H2,1-5H3,(H,24,27)/t17-/m1/s1. The first-order chi connectivity index (χ1) is 13.7. The maximum atomic E-state index is 13.5. The Kier molecular flexibility index (Phi) is 5.73. The third-order valence-electron chi connectivity index (χ3n) is 5.26. The molecule has 0 bridgehead atoms. The number of amides is 1. The Hall–Kier alpha value is -3.15. The molecule has 0 aliphatic carbocycles. The van der Waals surface area contributed by atoms with E-state index in [4.69, 9.17) is 0 Å². The van der Waals surface area contributed by atoms with Crippen molar-refractivity contribution in [2.24, 2.45) is 5.92 Å². The number of hydrogen-bond donors (Lipinski definition) is 1. The van der Waals surface area contributed by atoms with Crippen molar-refractivity contribution in [3.63, 3.8) is 0 Å². The van der Waals surface area contributed by atoms with Gasteiger partial charge in [-0.1, -0.05) is 38.1 Å². The van der Waals surface area contributed by atoms with Crippen molar-refractivity contribution in [1.29, 1.82) is 0 Å². The van der Waals surface area contributed by atoms with Crippen molar-refractivity contribution in [2.75, 3.05) is 6.54 Å². The van der Waals surface area contributed by atoms with Crippen molar-refractivity contribution in [1.82, 2.24) is 14.5 Å². The van der Waals surface area contributed by atoms with E-state index in [0.29, 0.717) is 29.1 Å². The zero-order chi connectivity index (χ0) is 21.3. The minimum Gasteiger partial charge on any atom is -0.354 e. The smallest absolute Gasteiger partial charge is 0.336 e. The van der Waals surface area contributed by atoms with Gasteiger partial charge in [-0.3, -0.25) is 14.2 Å². The average Bonchev–Trinajstić information content (AvgIpc) is 2.69. The van der Waals surface area contributed by atoms with Crippen LogP contribution in [-0.2, 0) is 4.79 Å². The van der Waals surface area contributed by atoms with Gasteiger partial charge in [-0.05, 0) is 56.0 Å². The number of carbonyl (C=O) groups is 1. The number of para-hydroxylation sites is 1. The maximum Gasteiger partial charge on any atom is 0.336 e. The molecule has 1 amide bonds. The molecule has 0 aliphatic heterocycles. The fourth-order valence-corrected chi connectivity index (χ4v) is 3.42. The van der Waals surface area contributed by atoms with Crippen molar-refractivity contribution >= 4 is 16.8 Å². The first-order valence-electron chi connectivity index (χ1n) is 9.84. The van der Waals surface area contributed by atoms with Gasteiger partial charge < -0.3 is 5.32 Å². The number of carbonyl (C=O) groups excluding carboxylic acids is 1. The number of hydrogen-bond acceptors (Lipinski definition) is 3. The van der Waals surface area contributed by atoms with Crippen LogP contribution in [0.25, 0.3) is 16.6 Å². The number of nitrogens with zero attached hydrogens (tertiary/aromatic N) is 2. The Morgan fingerprint density at radius 2 is 1.69 bits per heavy atom. The van der Waals surface area contributed by atoms with E-state index in [1.54, 1.807) is 37.3 Å². The monoisotopic (exact) mass is 393 g/mol. The predicted octanol–water partition coefficient (Wildman–Crippen LogP) is 3.10. The molecule has 3 aromatic rings. The topological polar surface area (TPSA) is 73.1 Å². The van der Waals surface area contributed by atoms with Crippen LogP contribution in [0.1, 0.15) is 37.9 Å². The molecule has 0 saturated heterocycles. The number of fused-ring (bicyclic) bond motifs is 1. The largest absolute Gasteiger partial charge is 0.354 e. The molecular weight excluding hydrogens is 366 g/mol. The number of aromatic nitrogens is 2. The molecule has 0 unspecified atom stereocenters. The minimum absolute atomic E-state index is 0.253. The highest BCUT2D eigenvalue weighted by Gasteiger charge is 2.23. The second-order valence-corrected chi connectivity index (χ2v) is 7.84. The molecule has 6 nitrogen and oxygen atoms in total. The summed E-state index contributed by atoms with van der Waals surface area (Å²) in [7, 11) is 0. The first kappa shape index (κ1) is 20.6. The van der Waals surface area contributed by atoms with Gasteiger partial charge in [-0.2, -0.15) is 0 Å². The van der Waals surface area contributed by atoms with E-state index in [-0.39, 0.29) is 11.5 Å². The van der Waals surface area contributed by atoms with Gasteiger partial charge in [0.2, 0.25) is 5.91 Å². The molecule has 3 rings (SSSR count). The summed E-state index contributed by atoms with van der Waals surface area (Å²) in [4.78, 5) is 39.5. The summed E-state index contributed by atoms with van der Waals surface area (Å²) >= 11 is 0. The van der Waals surface area contributed by atoms with Crippen LogP contribution < -0.4 is 16.6 Å².